The van der Waals surface area contributed by atoms with Crippen molar-refractivity contribution in [2.45, 2.75) is 57.7 Å². The van der Waals surface area contributed by atoms with Gasteiger partial charge in [0.15, 0.2) is 0 Å². The number of unbranched alkanes of at least 4 members (excludes halogenated alkanes) is 4. The van der Waals surface area contributed by atoms with E-state index in [4.69, 9.17) is 10.5 Å². The van der Waals surface area contributed by atoms with E-state index in [1.807, 2.05) is 24.3 Å². The van der Waals surface area contributed by atoms with Crippen LogP contribution in [-0.4, -0.2) is 47.7 Å². The standard InChI is InChI=1S/C32H43N3O5/c33-32(39)35-29-13-8-12-26(21-29)25-11-7-10-24(19-25)9-3-6-18-40-17-5-2-1-4-16-34-22-31(38)27-14-15-30(37)28(20-27)23-36/h7-8,10-15,19-21,31,34,36-38H,1-6,9,16-18,22-23H2,(H3,33,35,39)/t31-/m0/s1. The molecule has 0 aliphatic rings. The number of hydrogen-bond acceptors (Lipinski definition) is 6. The van der Waals surface area contributed by atoms with Gasteiger partial charge in [0.05, 0.1) is 12.7 Å². The molecule has 3 aromatic rings. The summed E-state index contributed by atoms with van der Waals surface area (Å²) in [4.78, 5) is 11.1. The van der Waals surface area contributed by atoms with Crippen LogP contribution in [-0.2, 0) is 17.8 Å². The Morgan fingerprint density at radius 2 is 1.60 bits per heavy atom. The number of phenols is 1. The predicted octanol–water partition coefficient (Wildman–Crippen LogP) is 5.27. The van der Waals surface area contributed by atoms with E-state index in [1.54, 1.807) is 12.1 Å². The molecule has 0 radical (unpaired) electrons. The number of aromatic hydroxyl groups is 1. The molecule has 0 spiro atoms. The second-order valence-corrected chi connectivity index (χ2v) is 10.0. The lowest BCUT2D eigenvalue weighted by atomic mass is 10.00. The van der Waals surface area contributed by atoms with Gasteiger partial charge in [-0.25, -0.2) is 4.79 Å². The van der Waals surface area contributed by atoms with Crippen molar-refractivity contribution in [2.75, 3.05) is 31.6 Å². The van der Waals surface area contributed by atoms with Crippen LogP contribution in [0, 0.1) is 0 Å². The Morgan fingerprint density at radius 3 is 2.38 bits per heavy atom. The molecule has 40 heavy (non-hydrogen) atoms. The molecule has 0 saturated heterocycles. The molecule has 0 saturated carbocycles. The monoisotopic (exact) mass is 549 g/mol. The molecule has 0 heterocycles. The van der Waals surface area contributed by atoms with Crippen molar-refractivity contribution in [3.05, 3.63) is 83.4 Å². The normalized spacial score (nSPS) is 11.8. The summed E-state index contributed by atoms with van der Waals surface area (Å²) in [5.74, 6) is 0.0398. The van der Waals surface area contributed by atoms with Gasteiger partial charge < -0.3 is 36.4 Å². The Bertz CT molecular complexity index is 1190. The minimum absolute atomic E-state index is 0.0398. The third-order valence-electron chi connectivity index (χ3n) is 6.78. The zero-order valence-corrected chi connectivity index (χ0v) is 23.1. The van der Waals surface area contributed by atoms with Gasteiger partial charge in [0, 0.05) is 31.0 Å². The van der Waals surface area contributed by atoms with Crippen molar-refractivity contribution < 1.29 is 24.9 Å². The molecule has 7 N–H and O–H groups in total. The zero-order chi connectivity index (χ0) is 28.6. The van der Waals surface area contributed by atoms with Gasteiger partial charge in [-0.2, -0.15) is 0 Å². The maximum absolute atomic E-state index is 11.1. The number of carbonyl (C=O) groups excluding carboxylic acids is 1. The van der Waals surface area contributed by atoms with Crippen LogP contribution in [0.3, 0.4) is 0 Å². The van der Waals surface area contributed by atoms with Crippen LogP contribution in [0.1, 0.15) is 61.3 Å². The summed E-state index contributed by atoms with van der Waals surface area (Å²) in [5.41, 5.74) is 10.4. The van der Waals surface area contributed by atoms with Gasteiger partial charge in [0.2, 0.25) is 0 Å². The van der Waals surface area contributed by atoms with Crippen LogP contribution in [0.2, 0.25) is 0 Å². The Hall–Kier alpha value is -3.43. The average Bonchev–Trinajstić information content (AvgIpc) is 2.95. The highest BCUT2D eigenvalue weighted by Gasteiger charge is 2.10. The van der Waals surface area contributed by atoms with Crippen molar-refractivity contribution in [3.8, 4) is 16.9 Å². The first-order valence-electron chi connectivity index (χ1n) is 14.1. The molecule has 3 aromatic carbocycles. The van der Waals surface area contributed by atoms with E-state index < -0.39 is 12.1 Å². The molecule has 8 nitrogen and oxygen atoms in total. The summed E-state index contributed by atoms with van der Waals surface area (Å²) in [6.45, 7) is 2.57. The van der Waals surface area contributed by atoms with E-state index in [2.05, 4.69) is 34.9 Å². The van der Waals surface area contributed by atoms with Gasteiger partial charge in [0.1, 0.15) is 5.75 Å². The SMILES string of the molecule is NC(=O)Nc1cccc(-c2cccc(CCCCOCCCCCCNC[C@H](O)c3ccc(O)c(CO)c3)c2)c1. The van der Waals surface area contributed by atoms with Crippen LogP contribution in [0.5, 0.6) is 5.75 Å². The van der Waals surface area contributed by atoms with Gasteiger partial charge in [-0.1, -0.05) is 55.3 Å². The van der Waals surface area contributed by atoms with E-state index in [1.165, 1.54) is 11.6 Å². The predicted molar refractivity (Wildman–Crippen MR) is 159 cm³/mol. The van der Waals surface area contributed by atoms with Crippen molar-refractivity contribution in [1.82, 2.24) is 5.32 Å². The van der Waals surface area contributed by atoms with E-state index in [-0.39, 0.29) is 12.4 Å². The minimum Gasteiger partial charge on any atom is -0.508 e. The Balaban J connectivity index is 1.19. The number of aliphatic hydroxyl groups excluding tert-OH is 2. The lowest BCUT2D eigenvalue weighted by Crippen LogP contribution is -2.22. The molecule has 216 valence electrons. The van der Waals surface area contributed by atoms with Gasteiger partial charge in [-0.05, 0) is 85.2 Å². The number of aryl methyl sites for hydroxylation is 1. The number of nitrogens with one attached hydrogen (secondary N) is 2. The number of rotatable bonds is 18. The fourth-order valence-electron chi connectivity index (χ4n) is 4.56. The lowest BCUT2D eigenvalue weighted by Gasteiger charge is -2.14. The first kappa shape index (κ1) is 31.1. The first-order chi connectivity index (χ1) is 19.5. The largest absolute Gasteiger partial charge is 0.508 e. The van der Waals surface area contributed by atoms with Crippen LogP contribution in [0.4, 0.5) is 10.5 Å². The summed E-state index contributed by atoms with van der Waals surface area (Å²) in [6, 6.07) is 20.4. The number of anilines is 1. The topological polar surface area (TPSA) is 137 Å². The number of urea groups is 1. The summed E-state index contributed by atoms with van der Waals surface area (Å²) >= 11 is 0. The summed E-state index contributed by atoms with van der Waals surface area (Å²) < 4.78 is 5.82. The van der Waals surface area contributed by atoms with Gasteiger partial charge >= 0.3 is 6.03 Å². The number of benzene rings is 3. The van der Waals surface area contributed by atoms with E-state index in [0.717, 1.165) is 75.8 Å². The number of amides is 2. The average molecular weight is 550 g/mol. The maximum Gasteiger partial charge on any atom is 0.316 e. The van der Waals surface area contributed by atoms with E-state index in [9.17, 15) is 20.1 Å². The number of nitrogens with two attached hydrogens (primary N) is 1. The molecule has 0 aliphatic carbocycles. The molecular weight excluding hydrogens is 506 g/mol. The van der Waals surface area contributed by atoms with Gasteiger partial charge in [-0.3, -0.25) is 0 Å². The zero-order valence-electron chi connectivity index (χ0n) is 23.1. The minimum atomic E-state index is -0.674. The summed E-state index contributed by atoms with van der Waals surface area (Å²) in [7, 11) is 0. The molecule has 0 fully saturated rings. The molecule has 0 unspecified atom stereocenters. The van der Waals surface area contributed by atoms with Crippen LogP contribution in [0.25, 0.3) is 11.1 Å². The smallest absolute Gasteiger partial charge is 0.316 e. The van der Waals surface area contributed by atoms with Crippen LogP contribution < -0.4 is 16.4 Å². The van der Waals surface area contributed by atoms with E-state index >= 15 is 0 Å². The quantitative estimate of drug-likeness (QED) is 0.120. The summed E-state index contributed by atoms with van der Waals surface area (Å²) in [6.07, 6.45) is 6.72. The fourth-order valence-corrected chi connectivity index (χ4v) is 4.56. The molecule has 0 aromatic heterocycles. The number of carbonyl (C=O) groups is 1. The van der Waals surface area contributed by atoms with Crippen molar-refractivity contribution >= 4 is 11.7 Å². The molecular formula is C32H43N3O5. The molecule has 0 aliphatic heterocycles. The van der Waals surface area contributed by atoms with Crippen LogP contribution in [0.15, 0.2) is 66.7 Å². The first-order valence-corrected chi connectivity index (χ1v) is 14.1. The second-order valence-electron chi connectivity index (χ2n) is 10.0. The van der Waals surface area contributed by atoms with E-state index in [0.29, 0.717) is 23.4 Å². The van der Waals surface area contributed by atoms with Gasteiger partial charge in [-0.15, -0.1) is 0 Å². The van der Waals surface area contributed by atoms with Crippen LogP contribution >= 0.6 is 0 Å². The summed E-state index contributed by atoms with van der Waals surface area (Å²) in [5, 5.41) is 35.1. The van der Waals surface area contributed by atoms with Gasteiger partial charge in [0.25, 0.3) is 0 Å². The number of aliphatic hydroxyl groups is 2. The third-order valence-corrected chi connectivity index (χ3v) is 6.78. The maximum atomic E-state index is 11.1. The number of primary amides is 1. The number of hydrogen-bond donors (Lipinski definition) is 6. The lowest BCUT2D eigenvalue weighted by molar-refractivity contribution is 0.126. The highest BCUT2D eigenvalue weighted by atomic mass is 16.5. The highest BCUT2D eigenvalue weighted by molar-refractivity contribution is 5.88. The Labute approximate surface area is 237 Å². The number of ether oxygens (including phenoxy) is 1. The van der Waals surface area contributed by atoms with Crippen molar-refractivity contribution in [2.24, 2.45) is 5.73 Å². The molecule has 1 atom stereocenters. The third kappa shape index (κ3) is 11.0. The highest BCUT2D eigenvalue weighted by Crippen LogP contribution is 2.24. The second kappa shape index (κ2) is 17.3. The molecule has 3 rings (SSSR count). The molecule has 8 heteroatoms. The Morgan fingerprint density at radius 1 is 0.875 bits per heavy atom. The fraction of sp³-hybridized carbons (Fsp3) is 0.406. The molecule has 0 bridgehead atoms. The molecule has 2 amide bonds. The van der Waals surface area contributed by atoms with Crippen molar-refractivity contribution in [1.29, 1.82) is 0 Å². The van der Waals surface area contributed by atoms with Crippen molar-refractivity contribution in [3.63, 3.8) is 0 Å². The Kier molecular flexibility index (Phi) is 13.5.